The van der Waals surface area contributed by atoms with Crippen molar-refractivity contribution in [1.29, 1.82) is 0 Å². The zero-order valence-corrected chi connectivity index (χ0v) is 18.3. The number of carboxylic acid groups (broad SMARTS) is 1. The van der Waals surface area contributed by atoms with Gasteiger partial charge < -0.3 is 24.8 Å². The third kappa shape index (κ3) is 4.12. The molecule has 2 atom stereocenters. The van der Waals surface area contributed by atoms with Crippen LogP contribution in [0, 0.1) is 6.92 Å². The Bertz CT molecular complexity index is 1130. The highest BCUT2D eigenvalue weighted by molar-refractivity contribution is 7.17. The van der Waals surface area contributed by atoms with E-state index in [4.69, 9.17) is 27.7 Å². The summed E-state index contributed by atoms with van der Waals surface area (Å²) >= 11 is 13.0. The molecule has 3 aromatic rings. The Kier molecular flexibility index (Phi) is 5.91. The van der Waals surface area contributed by atoms with Crippen molar-refractivity contribution in [3.63, 3.8) is 0 Å². The first kappa shape index (κ1) is 21.6. The van der Waals surface area contributed by atoms with E-state index in [1.165, 1.54) is 12.3 Å². The number of amides is 1. The van der Waals surface area contributed by atoms with Crippen molar-refractivity contribution in [2.24, 2.45) is 0 Å². The number of thiazole rings is 1. The molecule has 1 fully saturated rings. The number of anilines is 1. The molecule has 3 N–H and O–H groups in total. The fourth-order valence-corrected chi connectivity index (χ4v) is 4.66. The Morgan fingerprint density at radius 1 is 1.42 bits per heavy atom. The fraction of sp³-hybridized carbons (Fsp3) is 0.333. The summed E-state index contributed by atoms with van der Waals surface area (Å²) < 4.78 is 19.9. The number of halogens is 3. The van der Waals surface area contributed by atoms with Crippen molar-refractivity contribution < 1.29 is 23.6 Å². The van der Waals surface area contributed by atoms with Gasteiger partial charge in [-0.2, -0.15) is 0 Å². The highest BCUT2D eigenvalue weighted by Gasteiger charge is 2.34. The number of carbonyl (C=O) groups is 2. The summed E-state index contributed by atoms with van der Waals surface area (Å²) in [5.74, 6) is -1.49. The monoisotopic (exact) mass is 487 g/mol. The molecule has 0 unspecified atom stereocenters. The van der Waals surface area contributed by atoms with Gasteiger partial charge in [-0.05, 0) is 13.3 Å². The molecule has 1 aliphatic rings. The van der Waals surface area contributed by atoms with E-state index in [-0.39, 0.29) is 45.0 Å². The third-order valence-electron chi connectivity index (χ3n) is 4.89. The van der Waals surface area contributed by atoms with Crippen LogP contribution in [0.5, 0.6) is 0 Å². The van der Waals surface area contributed by atoms with Gasteiger partial charge in [0, 0.05) is 18.3 Å². The average molecular weight is 488 g/mol. The predicted molar refractivity (Wildman–Crippen MR) is 113 cm³/mol. The number of nitrogens with zero attached hydrogens (tertiary/aromatic N) is 3. The van der Waals surface area contributed by atoms with Gasteiger partial charge in [0.15, 0.2) is 10.9 Å². The van der Waals surface area contributed by atoms with Gasteiger partial charge in [-0.1, -0.05) is 39.7 Å². The van der Waals surface area contributed by atoms with E-state index in [9.17, 15) is 19.1 Å². The number of carbonyl (C=O) groups excluding carboxylic acids is 1. The number of rotatable bonds is 5. The van der Waals surface area contributed by atoms with Crippen LogP contribution in [0.1, 0.15) is 32.3 Å². The second-order valence-corrected chi connectivity index (χ2v) is 8.67. The SMILES string of the molecule is Cc1[nH]c(C(=O)N[C@@H]2CCN(c3nc(-c4ccno4)c(C(=O)O)s3)C[C@@H]2F)c(Cl)c1Cl. The number of aromatic carboxylic acids is 1. The van der Waals surface area contributed by atoms with Gasteiger partial charge in [0.25, 0.3) is 5.91 Å². The molecule has 4 heterocycles. The largest absolute Gasteiger partial charge is 0.477 e. The molecule has 164 valence electrons. The number of aromatic nitrogens is 3. The molecule has 31 heavy (non-hydrogen) atoms. The second-order valence-electron chi connectivity index (χ2n) is 6.94. The quantitative estimate of drug-likeness (QED) is 0.499. The molecule has 0 aliphatic carbocycles. The molecule has 0 radical (unpaired) electrons. The molecule has 13 heteroatoms. The van der Waals surface area contributed by atoms with Gasteiger partial charge in [0.05, 0.1) is 28.8 Å². The number of alkyl halides is 1. The van der Waals surface area contributed by atoms with Gasteiger partial charge in [-0.3, -0.25) is 4.79 Å². The van der Waals surface area contributed by atoms with Gasteiger partial charge in [-0.15, -0.1) is 0 Å². The molecular formula is C18H16Cl2FN5O4S. The maximum Gasteiger partial charge on any atom is 0.348 e. The highest BCUT2D eigenvalue weighted by atomic mass is 35.5. The summed E-state index contributed by atoms with van der Waals surface area (Å²) in [5, 5.41) is 16.4. The topological polar surface area (TPSA) is 124 Å². The van der Waals surface area contributed by atoms with Crippen LogP contribution in [0.25, 0.3) is 11.5 Å². The van der Waals surface area contributed by atoms with Crippen molar-refractivity contribution in [1.82, 2.24) is 20.4 Å². The molecular weight excluding hydrogens is 472 g/mol. The lowest BCUT2D eigenvalue weighted by Gasteiger charge is -2.34. The van der Waals surface area contributed by atoms with Crippen LogP contribution in [-0.4, -0.2) is 57.4 Å². The molecule has 0 spiro atoms. The minimum atomic E-state index is -1.41. The minimum absolute atomic E-state index is 0.0220. The van der Waals surface area contributed by atoms with Gasteiger partial charge in [0.1, 0.15) is 22.4 Å². The normalized spacial score (nSPS) is 18.9. The molecule has 0 aromatic carbocycles. The zero-order chi connectivity index (χ0) is 22.3. The Morgan fingerprint density at radius 2 is 2.19 bits per heavy atom. The van der Waals surface area contributed by atoms with E-state index in [0.29, 0.717) is 17.4 Å². The van der Waals surface area contributed by atoms with E-state index in [2.05, 4.69) is 20.4 Å². The summed E-state index contributed by atoms with van der Waals surface area (Å²) in [5.41, 5.74) is 0.773. The van der Waals surface area contributed by atoms with Crippen LogP contribution in [0.3, 0.4) is 0 Å². The van der Waals surface area contributed by atoms with E-state index < -0.39 is 24.1 Å². The first-order valence-electron chi connectivity index (χ1n) is 9.14. The zero-order valence-electron chi connectivity index (χ0n) is 16.0. The molecule has 9 nitrogen and oxygen atoms in total. The molecule has 0 bridgehead atoms. The van der Waals surface area contributed by atoms with Crippen LogP contribution < -0.4 is 10.2 Å². The summed E-state index contributed by atoms with van der Waals surface area (Å²) in [6, 6.07) is 0.764. The Balaban J connectivity index is 1.47. The number of hydrogen-bond acceptors (Lipinski definition) is 7. The van der Waals surface area contributed by atoms with Crippen molar-refractivity contribution in [2.75, 3.05) is 18.0 Å². The molecule has 3 aromatic heterocycles. The average Bonchev–Trinajstić information content (AvgIpc) is 3.46. The van der Waals surface area contributed by atoms with Crippen LogP contribution in [0.2, 0.25) is 10.0 Å². The van der Waals surface area contributed by atoms with E-state index >= 15 is 0 Å². The second kappa shape index (κ2) is 8.48. The summed E-state index contributed by atoms with van der Waals surface area (Å²) in [6.07, 6.45) is 0.267. The minimum Gasteiger partial charge on any atom is -0.477 e. The molecule has 1 amide bonds. The van der Waals surface area contributed by atoms with Gasteiger partial charge in [0.2, 0.25) is 0 Å². The first-order valence-corrected chi connectivity index (χ1v) is 10.7. The van der Waals surface area contributed by atoms with Crippen molar-refractivity contribution in [3.05, 3.63) is 38.6 Å². The van der Waals surface area contributed by atoms with E-state index in [1.54, 1.807) is 11.8 Å². The molecule has 1 aliphatic heterocycles. The lowest BCUT2D eigenvalue weighted by atomic mass is 10.0. The maximum atomic E-state index is 14.9. The maximum absolute atomic E-state index is 14.9. The van der Waals surface area contributed by atoms with Crippen LogP contribution >= 0.6 is 34.5 Å². The fourth-order valence-electron chi connectivity index (χ4n) is 3.30. The number of hydrogen-bond donors (Lipinski definition) is 3. The summed E-state index contributed by atoms with van der Waals surface area (Å²) in [7, 11) is 0. The summed E-state index contributed by atoms with van der Waals surface area (Å²) in [6.45, 7) is 1.98. The molecule has 0 saturated carbocycles. The molecule has 1 saturated heterocycles. The number of aryl methyl sites for hydroxylation is 1. The number of piperidine rings is 1. The Labute approximate surface area is 189 Å². The first-order chi connectivity index (χ1) is 14.8. The standard InChI is InChI=1S/C18H16Cl2FN5O4S/c1-7-11(19)12(20)14(23-7)16(27)24-9-3-5-26(6-8(9)21)18-25-13(10-2-4-22-30-10)15(31-18)17(28)29/h2,4,8-9,23H,3,5-6H2,1H3,(H,24,27)(H,28,29)/t8-,9+/m0/s1. The van der Waals surface area contributed by atoms with Crippen molar-refractivity contribution in [3.8, 4) is 11.5 Å². The van der Waals surface area contributed by atoms with Crippen molar-refractivity contribution >= 4 is 51.5 Å². The highest BCUT2D eigenvalue weighted by Crippen LogP contribution is 2.35. The van der Waals surface area contributed by atoms with Crippen LogP contribution in [0.4, 0.5) is 9.52 Å². The Morgan fingerprint density at radius 3 is 2.77 bits per heavy atom. The third-order valence-corrected chi connectivity index (χ3v) is 6.94. The number of nitrogens with one attached hydrogen (secondary N) is 2. The van der Waals surface area contributed by atoms with E-state index in [0.717, 1.165) is 11.3 Å². The smallest absolute Gasteiger partial charge is 0.348 e. The Hall–Kier alpha value is -2.63. The van der Waals surface area contributed by atoms with Crippen molar-refractivity contribution in [2.45, 2.75) is 25.6 Å². The number of aromatic amines is 1. The lowest BCUT2D eigenvalue weighted by molar-refractivity contribution is 0.0702. The van der Waals surface area contributed by atoms with Gasteiger partial charge >= 0.3 is 5.97 Å². The van der Waals surface area contributed by atoms with E-state index in [1.807, 2.05) is 0 Å². The lowest BCUT2D eigenvalue weighted by Crippen LogP contribution is -2.52. The number of H-pyrrole nitrogens is 1. The van der Waals surface area contributed by atoms with Crippen LogP contribution in [-0.2, 0) is 0 Å². The van der Waals surface area contributed by atoms with Gasteiger partial charge in [-0.25, -0.2) is 14.2 Å². The molecule has 4 rings (SSSR count). The predicted octanol–water partition coefficient (Wildman–Crippen LogP) is 3.79. The number of carboxylic acids is 1. The summed E-state index contributed by atoms with van der Waals surface area (Å²) in [4.78, 5) is 32.8. The van der Waals surface area contributed by atoms with Crippen LogP contribution in [0.15, 0.2) is 16.8 Å².